The van der Waals surface area contributed by atoms with Crippen LogP contribution in [0, 0.1) is 0 Å². The molecule has 1 heterocycles. The van der Waals surface area contributed by atoms with Gasteiger partial charge in [-0.15, -0.1) is 0 Å². The molecule has 0 amide bonds. The molecule has 1 fully saturated rings. The molecular formula is C19H19F3N2O4. The van der Waals surface area contributed by atoms with Crippen LogP contribution in [0.4, 0.5) is 18.9 Å². The number of ketones is 1. The highest BCUT2D eigenvalue weighted by atomic mass is 19.4. The number of anilines is 1. The Labute approximate surface area is 159 Å². The van der Waals surface area contributed by atoms with Crippen molar-refractivity contribution in [1.82, 2.24) is 5.16 Å². The Hall–Kier alpha value is -2.84. The van der Waals surface area contributed by atoms with Crippen LogP contribution < -0.4 is 5.32 Å². The Balaban J connectivity index is 1.98. The smallest absolute Gasteiger partial charge is 0.416 e. The Kier molecular flexibility index (Phi) is 5.44. The van der Waals surface area contributed by atoms with Gasteiger partial charge in [0.1, 0.15) is 6.04 Å². The summed E-state index contributed by atoms with van der Waals surface area (Å²) >= 11 is 0. The zero-order valence-corrected chi connectivity index (χ0v) is 15.3. The average Bonchev–Trinajstić information content (AvgIpc) is 3.37. The van der Waals surface area contributed by atoms with Gasteiger partial charge < -0.3 is 14.6 Å². The van der Waals surface area contributed by atoms with Gasteiger partial charge in [0.25, 0.3) is 0 Å². The third-order valence-corrected chi connectivity index (χ3v) is 4.39. The first-order valence-electron chi connectivity index (χ1n) is 8.86. The molecule has 0 bridgehead atoms. The molecule has 2 aromatic rings. The second kappa shape index (κ2) is 7.65. The molecule has 0 spiro atoms. The number of hydrogen-bond donors (Lipinski definition) is 1. The van der Waals surface area contributed by atoms with Gasteiger partial charge in [0.15, 0.2) is 11.5 Å². The lowest BCUT2D eigenvalue weighted by Gasteiger charge is -2.18. The van der Waals surface area contributed by atoms with Crippen molar-refractivity contribution in [2.45, 2.75) is 44.8 Å². The molecule has 0 saturated heterocycles. The molecule has 0 radical (unpaired) electrons. The summed E-state index contributed by atoms with van der Waals surface area (Å²) in [5, 5.41) is 6.33. The number of alkyl halides is 3. The summed E-state index contributed by atoms with van der Waals surface area (Å²) in [7, 11) is 0. The normalized spacial score (nSPS) is 15.2. The second-order valence-electron chi connectivity index (χ2n) is 6.58. The number of esters is 1. The van der Waals surface area contributed by atoms with Crippen molar-refractivity contribution in [3.8, 4) is 0 Å². The first-order valence-corrected chi connectivity index (χ1v) is 8.86. The molecule has 1 aromatic carbocycles. The predicted molar refractivity (Wildman–Crippen MR) is 93.1 cm³/mol. The number of halogens is 3. The quantitative estimate of drug-likeness (QED) is 0.559. The van der Waals surface area contributed by atoms with Crippen LogP contribution in [0.1, 0.15) is 59.9 Å². The van der Waals surface area contributed by atoms with E-state index in [-0.39, 0.29) is 29.3 Å². The minimum Gasteiger partial charge on any atom is -0.464 e. The highest BCUT2D eigenvalue weighted by Crippen LogP contribution is 2.42. The minimum atomic E-state index is -4.60. The summed E-state index contributed by atoms with van der Waals surface area (Å²) in [6.45, 7) is 3.20. The van der Waals surface area contributed by atoms with Gasteiger partial charge in [0.05, 0.1) is 23.9 Å². The molecule has 1 atom stereocenters. The van der Waals surface area contributed by atoms with Crippen molar-refractivity contribution >= 4 is 17.4 Å². The maximum absolute atomic E-state index is 13.1. The van der Waals surface area contributed by atoms with Gasteiger partial charge in [0.2, 0.25) is 0 Å². The molecule has 9 heteroatoms. The Morgan fingerprint density at radius 2 is 2.04 bits per heavy atom. The summed E-state index contributed by atoms with van der Waals surface area (Å²) in [5.74, 6) is -0.613. The van der Waals surface area contributed by atoms with Gasteiger partial charge in [-0.25, -0.2) is 4.79 Å². The summed E-state index contributed by atoms with van der Waals surface area (Å²) in [6, 6.07) is 1.79. The molecular weight excluding hydrogens is 377 g/mol. The van der Waals surface area contributed by atoms with Crippen LogP contribution >= 0.6 is 0 Å². The first-order chi connectivity index (χ1) is 13.2. The predicted octanol–water partition coefficient (Wildman–Crippen LogP) is 4.17. The maximum Gasteiger partial charge on any atom is 0.416 e. The number of nitrogens with one attached hydrogen (secondary N) is 1. The summed E-state index contributed by atoms with van der Waals surface area (Å²) < 4.78 is 49.4. The number of ether oxygens (including phenoxy) is 1. The first kappa shape index (κ1) is 19.9. The fraction of sp³-hybridized carbons (Fsp3) is 0.421. The molecule has 1 N–H and O–H groups in total. The van der Waals surface area contributed by atoms with E-state index in [1.807, 2.05) is 0 Å². The molecule has 6 nitrogen and oxygen atoms in total. The Morgan fingerprint density at radius 1 is 1.32 bits per heavy atom. The van der Waals surface area contributed by atoms with Crippen LogP contribution in [-0.4, -0.2) is 29.6 Å². The Morgan fingerprint density at radius 3 is 2.64 bits per heavy atom. The van der Waals surface area contributed by atoms with E-state index in [9.17, 15) is 22.8 Å². The summed E-state index contributed by atoms with van der Waals surface area (Å²) in [5.41, 5.74) is -0.831. The van der Waals surface area contributed by atoms with Crippen molar-refractivity contribution in [3.05, 3.63) is 46.8 Å². The summed E-state index contributed by atoms with van der Waals surface area (Å²) in [6.07, 6.45) is -1.59. The fourth-order valence-electron chi connectivity index (χ4n) is 2.80. The van der Waals surface area contributed by atoms with Crippen molar-refractivity contribution < 1.29 is 32.0 Å². The van der Waals surface area contributed by atoms with E-state index in [1.54, 1.807) is 6.92 Å². The zero-order valence-electron chi connectivity index (χ0n) is 15.3. The van der Waals surface area contributed by atoms with Gasteiger partial charge in [-0.1, -0.05) is 5.16 Å². The van der Waals surface area contributed by atoms with Crippen molar-refractivity contribution in [2.24, 2.45) is 0 Å². The SMILES string of the molecule is CCOC(=O)C(C)Nc1cc(C(F)(F)F)ccc1C(=O)c1cnoc1C1CC1. The number of aromatic nitrogens is 1. The number of carbonyl (C=O) groups is 2. The van der Waals surface area contributed by atoms with E-state index < -0.39 is 29.5 Å². The minimum absolute atomic E-state index is 0.00533. The largest absolute Gasteiger partial charge is 0.464 e. The maximum atomic E-state index is 13.1. The average molecular weight is 396 g/mol. The molecule has 28 heavy (non-hydrogen) atoms. The fourth-order valence-corrected chi connectivity index (χ4v) is 2.80. The Bertz CT molecular complexity index is 888. The van der Waals surface area contributed by atoms with E-state index in [4.69, 9.17) is 9.26 Å². The number of nitrogens with zero attached hydrogens (tertiary/aromatic N) is 1. The molecule has 1 aliphatic carbocycles. The van der Waals surface area contributed by atoms with Crippen molar-refractivity contribution in [1.29, 1.82) is 0 Å². The molecule has 1 aliphatic rings. The lowest BCUT2D eigenvalue weighted by molar-refractivity contribution is -0.143. The van der Waals surface area contributed by atoms with Gasteiger partial charge in [-0.2, -0.15) is 13.2 Å². The van der Waals surface area contributed by atoms with Gasteiger partial charge in [-0.3, -0.25) is 4.79 Å². The highest BCUT2D eigenvalue weighted by Gasteiger charge is 2.35. The topological polar surface area (TPSA) is 81.4 Å². The van der Waals surface area contributed by atoms with E-state index in [0.717, 1.165) is 31.0 Å². The van der Waals surface area contributed by atoms with Gasteiger partial charge in [-0.05, 0) is 44.9 Å². The van der Waals surface area contributed by atoms with Crippen molar-refractivity contribution in [3.63, 3.8) is 0 Å². The molecule has 150 valence electrons. The standard InChI is InChI=1S/C19H19F3N2O4/c1-3-27-18(26)10(2)24-15-8-12(19(20,21)22)6-7-13(15)16(25)14-9-23-28-17(14)11-4-5-11/h6-11,24H,3-5H2,1-2H3. The van der Waals surface area contributed by atoms with E-state index in [1.165, 1.54) is 13.1 Å². The monoisotopic (exact) mass is 396 g/mol. The second-order valence-corrected chi connectivity index (χ2v) is 6.58. The number of carbonyl (C=O) groups excluding carboxylic acids is 2. The van der Waals surface area contributed by atoms with Gasteiger partial charge >= 0.3 is 12.1 Å². The number of benzene rings is 1. The van der Waals surface area contributed by atoms with E-state index in [0.29, 0.717) is 5.76 Å². The lowest BCUT2D eigenvalue weighted by atomic mass is 9.98. The molecule has 1 aromatic heterocycles. The summed E-state index contributed by atoms with van der Waals surface area (Å²) in [4.78, 5) is 24.9. The van der Waals surface area contributed by atoms with E-state index >= 15 is 0 Å². The van der Waals surface area contributed by atoms with Crippen LogP contribution in [-0.2, 0) is 15.7 Å². The van der Waals surface area contributed by atoms with Gasteiger partial charge in [0, 0.05) is 17.2 Å². The third-order valence-electron chi connectivity index (χ3n) is 4.39. The molecule has 1 unspecified atom stereocenters. The zero-order chi connectivity index (χ0) is 20.5. The van der Waals surface area contributed by atoms with Crippen LogP contribution in [0.25, 0.3) is 0 Å². The third kappa shape index (κ3) is 4.18. The lowest BCUT2D eigenvalue weighted by Crippen LogP contribution is -2.29. The molecule has 0 aliphatic heterocycles. The highest BCUT2D eigenvalue weighted by molar-refractivity contribution is 6.13. The number of hydrogen-bond acceptors (Lipinski definition) is 6. The molecule has 3 rings (SSSR count). The van der Waals surface area contributed by atoms with Crippen LogP contribution in [0.5, 0.6) is 0 Å². The van der Waals surface area contributed by atoms with Crippen LogP contribution in [0.15, 0.2) is 28.9 Å². The van der Waals surface area contributed by atoms with Crippen molar-refractivity contribution in [2.75, 3.05) is 11.9 Å². The number of rotatable bonds is 7. The van der Waals surface area contributed by atoms with Crippen LogP contribution in [0.3, 0.4) is 0 Å². The molecule has 1 saturated carbocycles. The van der Waals surface area contributed by atoms with Crippen LogP contribution in [0.2, 0.25) is 0 Å². The van der Waals surface area contributed by atoms with E-state index in [2.05, 4.69) is 10.5 Å².